The normalized spacial score (nSPS) is 18.0. The number of rotatable bonds is 6. The zero-order chi connectivity index (χ0) is 13.5. The largest absolute Gasteiger partial charge is 0.463 e. The Morgan fingerprint density at radius 2 is 2.00 bits per heavy atom. The van der Waals surface area contributed by atoms with Crippen molar-refractivity contribution in [2.24, 2.45) is 0 Å². The Labute approximate surface area is 111 Å². The first-order valence-corrected chi connectivity index (χ1v) is 6.86. The number of likely N-dealkylation sites (tertiary alicyclic amines) is 1. The van der Waals surface area contributed by atoms with E-state index >= 15 is 0 Å². The highest BCUT2D eigenvalue weighted by molar-refractivity contribution is 5.88. The van der Waals surface area contributed by atoms with Crippen LogP contribution in [0.2, 0.25) is 0 Å². The van der Waals surface area contributed by atoms with Crippen molar-refractivity contribution in [1.29, 1.82) is 0 Å². The molecular formula is C14H26N2O2. The molecule has 0 atom stereocenters. The fraction of sp³-hybridized carbons (Fsp3) is 0.786. The Bertz CT molecular complexity index is 284. The summed E-state index contributed by atoms with van der Waals surface area (Å²) in [5.74, 6) is -0.268. The summed E-state index contributed by atoms with van der Waals surface area (Å²) < 4.78 is 4.95. The molecule has 1 saturated heterocycles. The molecule has 0 aromatic rings. The van der Waals surface area contributed by atoms with E-state index in [1.807, 2.05) is 6.92 Å². The molecule has 4 heteroatoms. The standard InChI is InChI=1S/C14H26N2O2/c1-5-16-9-7-13(8-10-16)15(4)11-12(3)14(17)18-6-2/h13H,3,5-11H2,1-2,4H3. The first kappa shape index (κ1) is 15.2. The molecule has 0 unspecified atom stereocenters. The molecule has 0 radical (unpaired) electrons. The van der Waals surface area contributed by atoms with Gasteiger partial charge in [0.2, 0.25) is 0 Å². The second-order valence-corrected chi connectivity index (χ2v) is 4.90. The molecule has 4 nitrogen and oxygen atoms in total. The van der Waals surface area contributed by atoms with Crippen molar-refractivity contribution >= 4 is 5.97 Å². The maximum absolute atomic E-state index is 11.5. The number of piperidine rings is 1. The first-order chi connectivity index (χ1) is 8.58. The molecule has 104 valence electrons. The van der Waals surface area contributed by atoms with Crippen LogP contribution in [0.5, 0.6) is 0 Å². The average molecular weight is 254 g/mol. The van der Waals surface area contributed by atoms with Gasteiger partial charge in [0.1, 0.15) is 0 Å². The van der Waals surface area contributed by atoms with Gasteiger partial charge in [0.15, 0.2) is 0 Å². The van der Waals surface area contributed by atoms with Gasteiger partial charge >= 0.3 is 5.97 Å². The summed E-state index contributed by atoms with van der Waals surface area (Å²) >= 11 is 0. The Morgan fingerprint density at radius 1 is 1.39 bits per heavy atom. The molecule has 0 spiro atoms. The quantitative estimate of drug-likeness (QED) is 0.531. The molecule has 1 heterocycles. The van der Waals surface area contributed by atoms with Crippen molar-refractivity contribution in [3.8, 4) is 0 Å². The van der Waals surface area contributed by atoms with Gasteiger partial charge in [-0.25, -0.2) is 4.79 Å². The van der Waals surface area contributed by atoms with Crippen molar-refractivity contribution in [1.82, 2.24) is 9.80 Å². The number of nitrogens with zero attached hydrogens (tertiary/aromatic N) is 2. The number of carbonyl (C=O) groups is 1. The number of likely N-dealkylation sites (N-methyl/N-ethyl adjacent to an activating group) is 1. The second-order valence-electron chi connectivity index (χ2n) is 4.90. The molecule has 0 N–H and O–H groups in total. The number of carbonyl (C=O) groups excluding carboxylic acids is 1. The topological polar surface area (TPSA) is 32.8 Å². The van der Waals surface area contributed by atoms with Gasteiger partial charge in [-0.1, -0.05) is 13.5 Å². The van der Waals surface area contributed by atoms with Gasteiger partial charge in [0, 0.05) is 18.2 Å². The van der Waals surface area contributed by atoms with E-state index in [4.69, 9.17) is 4.74 Å². The van der Waals surface area contributed by atoms with Crippen LogP contribution >= 0.6 is 0 Å². The molecule has 0 aliphatic carbocycles. The van der Waals surface area contributed by atoms with Crippen LogP contribution in [0.4, 0.5) is 0 Å². The molecule has 1 aliphatic heterocycles. The maximum Gasteiger partial charge on any atom is 0.334 e. The summed E-state index contributed by atoms with van der Waals surface area (Å²) in [6, 6.07) is 0.555. The average Bonchev–Trinajstić information content (AvgIpc) is 2.39. The maximum atomic E-state index is 11.5. The smallest absolute Gasteiger partial charge is 0.334 e. The van der Waals surface area contributed by atoms with Crippen molar-refractivity contribution in [2.75, 3.05) is 39.8 Å². The predicted molar refractivity (Wildman–Crippen MR) is 73.5 cm³/mol. The molecule has 1 fully saturated rings. The van der Waals surface area contributed by atoms with Crippen molar-refractivity contribution < 1.29 is 9.53 Å². The van der Waals surface area contributed by atoms with Crippen LogP contribution in [0.15, 0.2) is 12.2 Å². The van der Waals surface area contributed by atoms with Gasteiger partial charge in [0.05, 0.1) is 6.61 Å². The van der Waals surface area contributed by atoms with Gasteiger partial charge in [-0.15, -0.1) is 0 Å². The zero-order valence-corrected chi connectivity index (χ0v) is 11.9. The van der Waals surface area contributed by atoms with Crippen molar-refractivity contribution in [2.45, 2.75) is 32.7 Å². The molecule has 18 heavy (non-hydrogen) atoms. The Balaban J connectivity index is 2.35. The van der Waals surface area contributed by atoms with Gasteiger partial charge in [-0.05, 0) is 46.4 Å². The van der Waals surface area contributed by atoms with Crippen LogP contribution < -0.4 is 0 Å². The highest BCUT2D eigenvalue weighted by Crippen LogP contribution is 2.16. The highest BCUT2D eigenvalue weighted by Gasteiger charge is 2.23. The summed E-state index contributed by atoms with van der Waals surface area (Å²) in [5, 5.41) is 0. The van der Waals surface area contributed by atoms with Crippen LogP contribution in [-0.2, 0) is 9.53 Å². The lowest BCUT2D eigenvalue weighted by Gasteiger charge is -2.36. The molecule has 0 amide bonds. The number of hydrogen-bond donors (Lipinski definition) is 0. The van der Waals surface area contributed by atoms with Gasteiger partial charge < -0.3 is 9.64 Å². The van der Waals surface area contributed by atoms with Crippen molar-refractivity contribution in [3.63, 3.8) is 0 Å². The lowest BCUT2D eigenvalue weighted by molar-refractivity contribution is -0.138. The minimum atomic E-state index is -0.268. The Kier molecular flexibility index (Phi) is 6.36. The van der Waals surface area contributed by atoms with E-state index in [0.717, 1.165) is 19.6 Å². The first-order valence-electron chi connectivity index (χ1n) is 6.86. The predicted octanol–water partition coefficient (Wildman–Crippen LogP) is 1.52. The summed E-state index contributed by atoms with van der Waals surface area (Å²) in [4.78, 5) is 16.2. The molecule has 0 bridgehead atoms. The monoisotopic (exact) mass is 254 g/mol. The van der Waals surface area contributed by atoms with E-state index in [1.54, 1.807) is 0 Å². The molecule has 1 aliphatic rings. The van der Waals surface area contributed by atoms with E-state index in [2.05, 4.69) is 30.4 Å². The summed E-state index contributed by atoms with van der Waals surface area (Å²) in [5.41, 5.74) is 0.553. The summed E-state index contributed by atoms with van der Waals surface area (Å²) in [6.45, 7) is 12.3. The molecule has 0 saturated carbocycles. The van der Waals surface area contributed by atoms with Gasteiger partial charge in [-0.2, -0.15) is 0 Å². The van der Waals surface area contributed by atoms with E-state index in [-0.39, 0.29) is 5.97 Å². The number of ether oxygens (including phenoxy) is 1. The minimum absolute atomic E-state index is 0.268. The number of esters is 1. The van der Waals surface area contributed by atoms with Crippen LogP contribution in [0.3, 0.4) is 0 Å². The van der Waals surface area contributed by atoms with E-state index < -0.39 is 0 Å². The summed E-state index contributed by atoms with van der Waals surface area (Å²) in [6.07, 6.45) is 2.33. The van der Waals surface area contributed by atoms with Gasteiger partial charge in [-0.3, -0.25) is 4.90 Å². The van der Waals surface area contributed by atoms with Crippen molar-refractivity contribution in [3.05, 3.63) is 12.2 Å². The minimum Gasteiger partial charge on any atom is -0.463 e. The Morgan fingerprint density at radius 3 is 2.50 bits per heavy atom. The fourth-order valence-electron chi connectivity index (χ4n) is 2.40. The molecule has 1 rings (SSSR count). The number of hydrogen-bond acceptors (Lipinski definition) is 4. The lowest BCUT2D eigenvalue weighted by Crippen LogP contribution is -2.44. The van der Waals surface area contributed by atoms with E-state index in [0.29, 0.717) is 24.8 Å². The summed E-state index contributed by atoms with van der Waals surface area (Å²) in [7, 11) is 2.07. The molecule has 0 aromatic heterocycles. The highest BCUT2D eigenvalue weighted by atomic mass is 16.5. The van der Waals surface area contributed by atoms with Gasteiger partial charge in [0.25, 0.3) is 0 Å². The van der Waals surface area contributed by atoms with E-state index in [9.17, 15) is 4.79 Å². The van der Waals surface area contributed by atoms with Crippen LogP contribution in [-0.4, -0.2) is 61.6 Å². The fourth-order valence-corrected chi connectivity index (χ4v) is 2.40. The third kappa shape index (κ3) is 4.42. The van der Waals surface area contributed by atoms with E-state index in [1.165, 1.54) is 12.8 Å². The lowest BCUT2D eigenvalue weighted by atomic mass is 10.0. The third-order valence-electron chi connectivity index (χ3n) is 3.63. The SMILES string of the molecule is C=C(CN(C)C1CCN(CC)CC1)C(=O)OCC. The second kappa shape index (κ2) is 7.54. The zero-order valence-electron chi connectivity index (χ0n) is 11.9. The third-order valence-corrected chi connectivity index (χ3v) is 3.63. The molecular weight excluding hydrogens is 228 g/mol. The van der Waals surface area contributed by atoms with Crippen LogP contribution in [0.25, 0.3) is 0 Å². The molecule has 0 aromatic carbocycles. The van der Waals surface area contributed by atoms with Crippen LogP contribution in [0.1, 0.15) is 26.7 Å². The van der Waals surface area contributed by atoms with Crippen LogP contribution in [0, 0.1) is 0 Å². The Hall–Kier alpha value is -0.870.